The first-order valence-electron chi connectivity index (χ1n) is 10.9. The van der Waals surface area contributed by atoms with E-state index >= 15 is 0 Å². The first-order valence-corrected chi connectivity index (χ1v) is 10.9. The van der Waals surface area contributed by atoms with Gasteiger partial charge in [0.05, 0.1) is 11.4 Å². The second-order valence-electron chi connectivity index (χ2n) is 7.86. The number of nitrogens with zero attached hydrogens (tertiary/aromatic N) is 3. The van der Waals surface area contributed by atoms with E-state index in [1.807, 2.05) is 0 Å². The van der Waals surface area contributed by atoms with E-state index in [4.69, 9.17) is 19.9 Å². The number of benzene rings is 2. The van der Waals surface area contributed by atoms with E-state index in [-0.39, 0.29) is 5.69 Å². The van der Waals surface area contributed by atoms with Crippen LogP contribution in [0.2, 0.25) is 0 Å². The average molecular weight is 544 g/mol. The number of aromatic nitrogens is 2. The molecule has 0 bridgehead atoms. The van der Waals surface area contributed by atoms with Gasteiger partial charge < -0.3 is 25.1 Å². The second-order valence-corrected chi connectivity index (χ2v) is 7.86. The van der Waals surface area contributed by atoms with E-state index in [0.29, 0.717) is 9.47 Å². The highest BCUT2D eigenvalue weighted by Crippen LogP contribution is 2.44. The first-order chi connectivity index (χ1) is 18.2. The van der Waals surface area contributed by atoms with E-state index in [9.17, 15) is 38.3 Å². The highest BCUT2D eigenvalue weighted by molar-refractivity contribution is 5.98. The van der Waals surface area contributed by atoms with E-state index in [2.05, 4.69) is 0 Å². The van der Waals surface area contributed by atoms with Gasteiger partial charge in [0.2, 0.25) is 5.75 Å². The SMILES string of the molecule is CC(=O)Oc1cc(N(C(=O)O)c2c(N)n(-c3ccc(F)cc3)c(=O)n(C)c2=O)cc(OC(C)=O)c1OC(C)=O. The minimum Gasteiger partial charge on any atom is -0.464 e. The molecule has 0 fully saturated rings. The lowest BCUT2D eigenvalue weighted by Crippen LogP contribution is -2.43. The molecule has 0 aliphatic heterocycles. The molecule has 0 saturated carbocycles. The van der Waals surface area contributed by atoms with E-state index < -0.39 is 75.5 Å². The van der Waals surface area contributed by atoms with Crippen LogP contribution in [0.15, 0.2) is 46.0 Å². The van der Waals surface area contributed by atoms with Crippen molar-refractivity contribution in [1.82, 2.24) is 9.13 Å². The fourth-order valence-corrected chi connectivity index (χ4v) is 3.50. The van der Waals surface area contributed by atoms with Crippen molar-refractivity contribution in [3.8, 4) is 22.9 Å². The van der Waals surface area contributed by atoms with Crippen LogP contribution >= 0.6 is 0 Å². The summed E-state index contributed by atoms with van der Waals surface area (Å²) in [5.74, 6) is -5.63. The summed E-state index contributed by atoms with van der Waals surface area (Å²) in [6.07, 6.45) is -1.80. The number of esters is 3. The van der Waals surface area contributed by atoms with Crippen molar-refractivity contribution in [1.29, 1.82) is 0 Å². The highest BCUT2D eigenvalue weighted by atomic mass is 19.1. The zero-order valence-electron chi connectivity index (χ0n) is 20.9. The topological polar surface area (TPSA) is 189 Å². The number of carbonyl (C=O) groups excluding carboxylic acids is 3. The molecule has 14 nitrogen and oxygen atoms in total. The number of ether oxygens (including phenoxy) is 3. The number of halogens is 1. The molecule has 0 saturated heterocycles. The summed E-state index contributed by atoms with van der Waals surface area (Å²) < 4.78 is 30.0. The summed E-state index contributed by atoms with van der Waals surface area (Å²) in [6.45, 7) is 3.00. The van der Waals surface area contributed by atoms with Crippen LogP contribution in [0.4, 0.5) is 26.4 Å². The smallest absolute Gasteiger partial charge is 0.416 e. The molecule has 3 N–H and O–H groups in total. The largest absolute Gasteiger partial charge is 0.464 e. The van der Waals surface area contributed by atoms with Crippen LogP contribution in [0.1, 0.15) is 20.8 Å². The van der Waals surface area contributed by atoms with Gasteiger partial charge in [0.25, 0.3) is 5.56 Å². The number of carbonyl (C=O) groups is 4. The lowest BCUT2D eigenvalue weighted by atomic mass is 10.2. The van der Waals surface area contributed by atoms with Crippen molar-refractivity contribution < 1.29 is 42.9 Å². The number of anilines is 3. The minimum atomic E-state index is -1.80. The highest BCUT2D eigenvalue weighted by Gasteiger charge is 2.30. The molecule has 1 aromatic heterocycles. The van der Waals surface area contributed by atoms with Gasteiger partial charge in [-0.25, -0.2) is 23.4 Å². The Bertz CT molecular complexity index is 1590. The van der Waals surface area contributed by atoms with Crippen molar-refractivity contribution >= 4 is 41.2 Å². The summed E-state index contributed by atoms with van der Waals surface area (Å²) in [4.78, 5) is 74.1. The molecule has 15 heteroatoms. The maximum Gasteiger partial charge on any atom is 0.416 e. The van der Waals surface area contributed by atoms with Gasteiger partial charge in [-0.15, -0.1) is 0 Å². The van der Waals surface area contributed by atoms with Crippen molar-refractivity contribution in [2.24, 2.45) is 7.05 Å². The molecule has 2 aromatic carbocycles. The Kier molecular flexibility index (Phi) is 7.84. The zero-order valence-corrected chi connectivity index (χ0v) is 20.9. The zero-order chi connectivity index (χ0) is 29.2. The quantitative estimate of drug-likeness (QED) is 0.340. The molecule has 0 unspecified atom stereocenters. The number of nitrogens with two attached hydrogens (primary N) is 1. The number of hydrogen-bond acceptors (Lipinski definition) is 10. The van der Waals surface area contributed by atoms with Gasteiger partial charge in [0.15, 0.2) is 17.2 Å². The summed E-state index contributed by atoms with van der Waals surface area (Å²) in [6, 6.07) is 6.22. The van der Waals surface area contributed by atoms with Crippen LogP contribution in [-0.2, 0) is 21.4 Å². The first kappa shape index (κ1) is 28.1. The molecule has 3 aromatic rings. The van der Waals surface area contributed by atoms with Gasteiger partial charge in [-0.3, -0.25) is 23.7 Å². The van der Waals surface area contributed by atoms with Crippen LogP contribution in [0, 0.1) is 5.82 Å². The predicted molar refractivity (Wildman–Crippen MR) is 132 cm³/mol. The average Bonchev–Trinajstić information content (AvgIpc) is 2.82. The Labute approximate surface area is 218 Å². The normalized spacial score (nSPS) is 10.5. The molecular formula is C24H21FN4O10. The third-order valence-electron chi connectivity index (χ3n) is 4.99. The van der Waals surface area contributed by atoms with Gasteiger partial charge in [-0.05, 0) is 24.3 Å². The van der Waals surface area contributed by atoms with Crippen LogP contribution in [0.5, 0.6) is 17.2 Å². The molecule has 0 aliphatic rings. The molecule has 39 heavy (non-hydrogen) atoms. The number of nitrogen functional groups attached to an aromatic ring is 1. The van der Waals surface area contributed by atoms with Crippen molar-refractivity contribution in [2.75, 3.05) is 10.6 Å². The van der Waals surface area contributed by atoms with Crippen LogP contribution in [-0.4, -0.2) is 38.2 Å². The number of carboxylic acid groups (broad SMARTS) is 1. The third kappa shape index (κ3) is 5.76. The standard InChI is InChI=1S/C24H21FN4O10/c1-11(30)37-17-9-16(10-18(38-12(2)31)20(17)39-13(3)32)28(24(35)36)19-21(26)29(23(34)27(4)22(19)33)15-7-5-14(25)6-8-15/h5-10H,26H2,1-4H3,(H,35,36). The van der Waals surface area contributed by atoms with Gasteiger partial charge in [-0.2, -0.15) is 0 Å². The Morgan fingerprint density at radius 3 is 1.82 bits per heavy atom. The molecular weight excluding hydrogens is 523 g/mol. The Morgan fingerprint density at radius 2 is 1.38 bits per heavy atom. The van der Waals surface area contributed by atoms with Crippen molar-refractivity contribution in [3.63, 3.8) is 0 Å². The van der Waals surface area contributed by atoms with Crippen LogP contribution in [0.25, 0.3) is 5.69 Å². The number of rotatable bonds is 6. The molecule has 0 spiro atoms. The predicted octanol–water partition coefficient (Wildman–Crippen LogP) is 1.85. The molecule has 1 heterocycles. The molecule has 0 aliphatic carbocycles. The lowest BCUT2D eigenvalue weighted by Gasteiger charge is -2.24. The summed E-state index contributed by atoms with van der Waals surface area (Å²) >= 11 is 0. The van der Waals surface area contributed by atoms with Crippen LogP contribution < -0.4 is 36.1 Å². The number of amides is 1. The fourth-order valence-electron chi connectivity index (χ4n) is 3.50. The third-order valence-corrected chi connectivity index (χ3v) is 4.99. The summed E-state index contributed by atoms with van der Waals surface area (Å²) in [5, 5.41) is 10.1. The van der Waals surface area contributed by atoms with Crippen LogP contribution in [0.3, 0.4) is 0 Å². The maximum absolute atomic E-state index is 13.5. The molecule has 204 valence electrons. The van der Waals surface area contributed by atoms with Crippen molar-refractivity contribution in [2.45, 2.75) is 20.8 Å². The molecule has 1 amide bonds. The summed E-state index contributed by atoms with van der Waals surface area (Å²) in [5.41, 5.74) is 2.82. The Hall–Kier alpha value is -5.47. The molecule has 3 rings (SSSR count). The second kappa shape index (κ2) is 10.9. The van der Waals surface area contributed by atoms with Gasteiger partial charge >= 0.3 is 29.7 Å². The minimum absolute atomic E-state index is 0.00694. The number of hydrogen-bond donors (Lipinski definition) is 2. The van der Waals surface area contributed by atoms with E-state index in [1.165, 1.54) is 12.1 Å². The van der Waals surface area contributed by atoms with Gasteiger partial charge in [0.1, 0.15) is 11.6 Å². The van der Waals surface area contributed by atoms with E-state index in [0.717, 1.165) is 56.7 Å². The van der Waals surface area contributed by atoms with Crippen molar-refractivity contribution in [3.05, 3.63) is 63.1 Å². The molecule has 0 radical (unpaired) electrons. The Balaban J connectivity index is 2.42. The molecule has 0 atom stereocenters. The van der Waals surface area contributed by atoms with Gasteiger partial charge in [0, 0.05) is 40.0 Å². The monoisotopic (exact) mass is 544 g/mol. The fraction of sp³-hybridized carbons (Fsp3) is 0.167. The Morgan fingerprint density at radius 1 is 0.897 bits per heavy atom. The summed E-state index contributed by atoms with van der Waals surface area (Å²) in [7, 11) is 1.06. The maximum atomic E-state index is 13.5. The van der Waals surface area contributed by atoms with Gasteiger partial charge in [-0.1, -0.05) is 0 Å². The lowest BCUT2D eigenvalue weighted by molar-refractivity contribution is -0.135. The van der Waals surface area contributed by atoms with E-state index in [1.54, 1.807) is 0 Å².